The van der Waals surface area contributed by atoms with Crippen molar-refractivity contribution >= 4 is 0 Å². The highest BCUT2D eigenvalue weighted by atomic mass is 15.1. The van der Waals surface area contributed by atoms with Crippen molar-refractivity contribution in [2.45, 2.75) is 18.8 Å². The maximum absolute atomic E-state index is 3.58. The summed E-state index contributed by atoms with van der Waals surface area (Å²) in [6, 6.07) is 10.9. The minimum Gasteiger partial charge on any atom is -0.316 e. The van der Waals surface area contributed by atoms with E-state index in [-0.39, 0.29) is 0 Å². The van der Waals surface area contributed by atoms with Crippen molar-refractivity contribution in [1.29, 1.82) is 0 Å². The van der Waals surface area contributed by atoms with Crippen molar-refractivity contribution in [2.75, 3.05) is 33.7 Å². The van der Waals surface area contributed by atoms with Crippen LogP contribution in [0, 0.1) is 5.92 Å². The van der Waals surface area contributed by atoms with Crippen LogP contribution in [-0.2, 0) is 0 Å². The Morgan fingerprint density at radius 2 is 2.00 bits per heavy atom. The van der Waals surface area contributed by atoms with Crippen LogP contribution < -0.4 is 5.32 Å². The van der Waals surface area contributed by atoms with E-state index in [9.17, 15) is 0 Å². The summed E-state index contributed by atoms with van der Waals surface area (Å²) in [7, 11) is 4.26. The maximum Gasteiger partial charge on any atom is -0.00127 e. The predicted molar refractivity (Wildman–Crippen MR) is 73.3 cm³/mol. The molecule has 0 radical (unpaired) electrons. The average molecular weight is 232 g/mol. The van der Waals surface area contributed by atoms with Crippen LogP contribution in [0.5, 0.6) is 0 Å². The number of nitrogens with one attached hydrogen (secondary N) is 1. The van der Waals surface area contributed by atoms with Crippen LogP contribution in [-0.4, -0.2) is 38.6 Å². The van der Waals surface area contributed by atoms with Crippen molar-refractivity contribution in [3.05, 3.63) is 35.9 Å². The van der Waals surface area contributed by atoms with E-state index in [0.717, 1.165) is 18.4 Å². The summed E-state index contributed by atoms with van der Waals surface area (Å²) in [5.74, 6) is 1.69. The smallest absolute Gasteiger partial charge is 0.00127 e. The topological polar surface area (TPSA) is 15.3 Å². The van der Waals surface area contributed by atoms with Crippen LogP contribution in [0.4, 0.5) is 0 Å². The Labute approximate surface area is 105 Å². The minimum atomic E-state index is 0.817. The molecule has 2 heteroatoms. The fourth-order valence-electron chi connectivity index (χ4n) is 2.39. The van der Waals surface area contributed by atoms with Crippen LogP contribution in [0.15, 0.2) is 30.3 Å². The third-order valence-electron chi connectivity index (χ3n) is 3.52. The summed E-state index contributed by atoms with van der Waals surface area (Å²) in [6.07, 6.45) is 2.61. The number of hydrogen-bond acceptors (Lipinski definition) is 2. The Hall–Kier alpha value is -0.860. The molecule has 1 aliphatic carbocycles. The van der Waals surface area contributed by atoms with Crippen LogP contribution >= 0.6 is 0 Å². The van der Waals surface area contributed by atoms with Gasteiger partial charge >= 0.3 is 0 Å². The van der Waals surface area contributed by atoms with Gasteiger partial charge in [0, 0.05) is 0 Å². The molecule has 2 atom stereocenters. The maximum atomic E-state index is 3.58. The van der Waals surface area contributed by atoms with Crippen LogP contribution in [0.3, 0.4) is 0 Å². The first-order valence-electron chi connectivity index (χ1n) is 6.68. The van der Waals surface area contributed by atoms with E-state index in [0.29, 0.717) is 0 Å². The molecule has 1 aromatic carbocycles. The summed E-state index contributed by atoms with van der Waals surface area (Å²) in [6.45, 7) is 3.52. The molecule has 1 N–H and O–H groups in total. The van der Waals surface area contributed by atoms with Crippen molar-refractivity contribution in [2.24, 2.45) is 5.92 Å². The Bertz CT molecular complexity index is 321. The lowest BCUT2D eigenvalue weighted by Crippen LogP contribution is -2.23. The van der Waals surface area contributed by atoms with Gasteiger partial charge in [0.1, 0.15) is 0 Å². The van der Waals surface area contributed by atoms with Crippen molar-refractivity contribution in [1.82, 2.24) is 10.2 Å². The molecule has 1 aromatic rings. The lowest BCUT2D eigenvalue weighted by Gasteiger charge is -2.09. The second-order valence-electron chi connectivity index (χ2n) is 5.37. The minimum absolute atomic E-state index is 0.817. The van der Waals surface area contributed by atoms with Crippen LogP contribution in [0.1, 0.15) is 24.3 Å². The predicted octanol–water partition coefficient (Wildman–Crippen LogP) is 2.33. The first kappa shape index (κ1) is 12.6. The molecule has 0 saturated heterocycles. The van der Waals surface area contributed by atoms with E-state index in [4.69, 9.17) is 0 Å². The Morgan fingerprint density at radius 1 is 1.24 bits per heavy atom. The molecule has 2 rings (SSSR count). The summed E-state index contributed by atoms with van der Waals surface area (Å²) in [5.41, 5.74) is 1.52. The van der Waals surface area contributed by atoms with Gasteiger partial charge in [0.05, 0.1) is 0 Å². The molecule has 1 fully saturated rings. The van der Waals surface area contributed by atoms with Gasteiger partial charge in [0.25, 0.3) is 0 Å². The van der Waals surface area contributed by atoms with E-state index in [1.807, 2.05) is 0 Å². The molecular weight excluding hydrogens is 208 g/mol. The van der Waals surface area contributed by atoms with E-state index in [1.165, 1.54) is 31.5 Å². The molecule has 17 heavy (non-hydrogen) atoms. The highest BCUT2D eigenvalue weighted by molar-refractivity contribution is 5.25. The summed E-state index contributed by atoms with van der Waals surface area (Å²) in [5, 5.41) is 3.58. The fraction of sp³-hybridized carbons (Fsp3) is 0.600. The molecule has 0 bridgehead atoms. The first-order valence-corrected chi connectivity index (χ1v) is 6.68. The van der Waals surface area contributed by atoms with Gasteiger partial charge in [-0.15, -0.1) is 0 Å². The van der Waals surface area contributed by atoms with Gasteiger partial charge in [-0.25, -0.2) is 0 Å². The molecule has 0 aliphatic heterocycles. The highest BCUT2D eigenvalue weighted by Crippen LogP contribution is 2.46. The summed E-state index contributed by atoms with van der Waals surface area (Å²) >= 11 is 0. The molecule has 1 saturated carbocycles. The van der Waals surface area contributed by atoms with E-state index < -0.39 is 0 Å². The molecule has 0 amide bonds. The average Bonchev–Trinajstić information content (AvgIpc) is 3.09. The van der Waals surface area contributed by atoms with E-state index >= 15 is 0 Å². The van der Waals surface area contributed by atoms with Gasteiger partial charge in [-0.2, -0.15) is 0 Å². The Morgan fingerprint density at radius 3 is 2.71 bits per heavy atom. The molecule has 0 aromatic heterocycles. The van der Waals surface area contributed by atoms with Crippen LogP contribution in [0.2, 0.25) is 0 Å². The lowest BCUT2D eigenvalue weighted by atomic mass is 10.1. The van der Waals surface area contributed by atoms with Gasteiger partial charge in [-0.05, 0) is 64.0 Å². The zero-order chi connectivity index (χ0) is 12.1. The number of nitrogens with zero attached hydrogens (tertiary/aromatic N) is 1. The molecule has 1 aliphatic rings. The zero-order valence-corrected chi connectivity index (χ0v) is 11.0. The third-order valence-corrected chi connectivity index (χ3v) is 3.52. The Balaban J connectivity index is 1.58. The number of rotatable bonds is 7. The zero-order valence-electron chi connectivity index (χ0n) is 11.0. The van der Waals surface area contributed by atoms with Gasteiger partial charge in [-0.1, -0.05) is 30.3 Å². The summed E-state index contributed by atoms with van der Waals surface area (Å²) in [4.78, 5) is 2.24. The van der Waals surface area contributed by atoms with Gasteiger partial charge in [0.15, 0.2) is 0 Å². The fourth-order valence-corrected chi connectivity index (χ4v) is 2.39. The lowest BCUT2D eigenvalue weighted by molar-refractivity contribution is 0.393. The van der Waals surface area contributed by atoms with Gasteiger partial charge in [0.2, 0.25) is 0 Å². The standard InChI is InChI=1S/C15H24N2/c1-17(2)10-6-9-16-12-14-11-15(14)13-7-4-3-5-8-13/h3-5,7-8,14-16H,6,9-12H2,1-2H3. The van der Waals surface area contributed by atoms with Gasteiger partial charge < -0.3 is 10.2 Å². The van der Waals surface area contributed by atoms with Gasteiger partial charge in [-0.3, -0.25) is 0 Å². The van der Waals surface area contributed by atoms with E-state index in [1.54, 1.807) is 0 Å². The third kappa shape index (κ3) is 4.14. The van der Waals surface area contributed by atoms with Crippen molar-refractivity contribution in [3.8, 4) is 0 Å². The molecule has 2 unspecified atom stereocenters. The van der Waals surface area contributed by atoms with Crippen LogP contribution in [0.25, 0.3) is 0 Å². The largest absolute Gasteiger partial charge is 0.316 e. The SMILES string of the molecule is CN(C)CCCNCC1CC1c1ccccc1. The molecule has 2 nitrogen and oxygen atoms in total. The second-order valence-corrected chi connectivity index (χ2v) is 5.37. The van der Waals surface area contributed by atoms with Crippen molar-refractivity contribution in [3.63, 3.8) is 0 Å². The molecule has 0 spiro atoms. The normalized spacial score (nSPS) is 23.0. The Kier molecular flexibility index (Phi) is 4.57. The first-order chi connectivity index (χ1) is 8.27. The molecule has 94 valence electrons. The van der Waals surface area contributed by atoms with E-state index in [2.05, 4.69) is 54.6 Å². The summed E-state index contributed by atoms with van der Waals surface area (Å²) < 4.78 is 0. The molecule has 0 heterocycles. The quantitative estimate of drug-likeness (QED) is 0.726. The number of hydrogen-bond donors (Lipinski definition) is 1. The number of benzene rings is 1. The highest BCUT2D eigenvalue weighted by Gasteiger charge is 2.37. The second kappa shape index (κ2) is 6.18. The monoisotopic (exact) mass is 232 g/mol. The van der Waals surface area contributed by atoms with Crippen molar-refractivity contribution < 1.29 is 0 Å². The molecular formula is C15H24N2.